The normalized spacial score (nSPS) is 10.9. The minimum Gasteiger partial charge on any atom is -0.309 e. The van der Waals surface area contributed by atoms with Crippen LogP contribution in [0.5, 0.6) is 0 Å². The number of rotatable bonds is 7. The molecule has 0 bridgehead atoms. The van der Waals surface area contributed by atoms with Crippen LogP contribution in [-0.2, 0) is 13.5 Å². The number of thioether (sulfide) groups is 1. The average molecular weight is 231 g/mol. The maximum atomic E-state index is 11.8. The lowest BCUT2D eigenvalue weighted by Gasteiger charge is -2.01. The molecule has 1 aromatic rings. The topological polar surface area (TPSA) is 30.7 Å². The molecule has 0 spiro atoms. The van der Waals surface area contributed by atoms with Crippen LogP contribution in [0.1, 0.15) is 32.0 Å². The van der Waals surface area contributed by atoms with Crippen LogP contribution in [0.2, 0.25) is 0 Å². The van der Waals surface area contributed by atoms with Gasteiger partial charge in [0.2, 0.25) is 0 Å². The lowest BCUT2D eigenvalue weighted by Crippen LogP contribution is -1.97. The van der Waals surface area contributed by atoms with Gasteiger partial charge in [-0.15, -0.1) is 10.2 Å². The van der Waals surface area contributed by atoms with Crippen LogP contribution in [0.4, 0.5) is 4.39 Å². The van der Waals surface area contributed by atoms with Gasteiger partial charge in [0.25, 0.3) is 0 Å². The molecule has 0 saturated heterocycles. The molecule has 1 aromatic heterocycles. The van der Waals surface area contributed by atoms with E-state index in [9.17, 15) is 4.39 Å². The minimum absolute atomic E-state index is 0.200. The zero-order valence-electron chi connectivity index (χ0n) is 9.37. The largest absolute Gasteiger partial charge is 0.309 e. The van der Waals surface area contributed by atoms with Crippen molar-refractivity contribution in [1.82, 2.24) is 14.8 Å². The van der Waals surface area contributed by atoms with Gasteiger partial charge in [0.05, 0.1) is 6.67 Å². The first kappa shape index (κ1) is 12.5. The predicted molar refractivity (Wildman–Crippen MR) is 60.9 cm³/mol. The van der Waals surface area contributed by atoms with E-state index in [4.69, 9.17) is 0 Å². The highest BCUT2D eigenvalue weighted by molar-refractivity contribution is 7.99. The number of nitrogens with zero attached hydrogens (tertiary/aromatic N) is 3. The predicted octanol–water partition coefficient (Wildman–Crippen LogP) is 2.61. The molecule has 86 valence electrons. The Balaban J connectivity index is 2.28. The van der Waals surface area contributed by atoms with E-state index in [-0.39, 0.29) is 6.67 Å². The average Bonchev–Trinajstić information content (AvgIpc) is 2.60. The summed E-state index contributed by atoms with van der Waals surface area (Å²) >= 11 is 1.70. The molecule has 0 aromatic carbocycles. The molecule has 0 N–H and O–H groups in total. The number of unbranched alkanes of at least 4 members (excludes halogenated alkanes) is 2. The molecule has 1 rings (SSSR count). The molecule has 0 radical (unpaired) electrons. The summed E-state index contributed by atoms with van der Waals surface area (Å²) in [4.78, 5) is 0. The van der Waals surface area contributed by atoms with Gasteiger partial charge in [0.15, 0.2) is 5.16 Å². The summed E-state index contributed by atoms with van der Waals surface area (Å²) in [7, 11) is 1.99. The van der Waals surface area contributed by atoms with Gasteiger partial charge in [-0.3, -0.25) is 4.39 Å². The fraction of sp³-hybridized carbons (Fsp3) is 0.800. The Morgan fingerprint density at radius 1 is 1.27 bits per heavy atom. The zero-order valence-corrected chi connectivity index (χ0v) is 10.2. The highest BCUT2D eigenvalue weighted by Crippen LogP contribution is 2.17. The van der Waals surface area contributed by atoms with Gasteiger partial charge >= 0.3 is 0 Å². The fourth-order valence-corrected chi connectivity index (χ4v) is 2.24. The first-order chi connectivity index (χ1) is 7.29. The number of hydrogen-bond donors (Lipinski definition) is 0. The molecule has 3 nitrogen and oxygen atoms in total. The molecule has 0 unspecified atom stereocenters. The maximum Gasteiger partial charge on any atom is 0.190 e. The quantitative estimate of drug-likeness (QED) is 0.534. The molecule has 0 aliphatic carbocycles. The first-order valence-electron chi connectivity index (χ1n) is 5.36. The monoisotopic (exact) mass is 231 g/mol. The number of aromatic nitrogens is 3. The van der Waals surface area contributed by atoms with Crippen molar-refractivity contribution >= 4 is 11.8 Å². The Bertz CT molecular complexity index is 288. The highest BCUT2D eigenvalue weighted by Gasteiger charge is 2.06. The minimum atomic E-state index is -0.200. The van der Waals surface area contributed by atoms with Crippen LogP contribution in [0, 0.1) is 0 Å². The summed E-state index contributed by atoms with van der Waals surface area (Å²) < 4.78 is 13.9. The standard InChI is InChI=1S/C10H18FN3S/c1-3-9-12-13-10(14(9)2)15-8-6-4-5-7-11/h3-8H2,1-2H3. The Hall–Kier alpha value is -0.580. The molecule has 0 aliphatic heterocycles. The molecule has 5 heteroatoms. The van der Waals surface area contributed by atoms with Gasteiger partial charge in [-0.2, -0.15) is 0 Å². The van der Waals surface area contributed by atoms with Crippen molar-refractivity contribution in [2.75, 3.05) is 12.4 Å². The Morgan fingerprint density at radius 2 is 2.07 bits per heavy atom. The van der Waals surface area contributed by atoms with E-state index in [1.807, 2.05) is 11.6 Å². The first-order valence-corrected chi connectivity index (χ1v) is 6.35. The lowest BCUT2D eigenvalue weighted by atomic mass is 10.3. The van der Waals surface area contributed by atoms with Crippen LogP contribution in [0.15, 0.2) is 5.16 Å². The number of aryl methyl sites for hydroxylation is 1. The second kappa shape index (κ2) is 6.82. The Kier molecular flexibility index (Phi) is 5.68. The van der Waals surface area contributed by atoms with Gasteiger partial charge < -0.3 is 4.57 Å². The van der Waals surface area contributed by atoms with E-state index in [0.29, 0.717) is 6.42 Å². The fourth-order valence-electron chi connectivity index (χ4n) is 1.32. The molecule has 15 heavy (non-hydrogen) atoms. The summed E-state index contributed by atoms with van der Waals surface area (Å²) in [5.41, 5.74) is 0. The van der Waals surface area contributed by atoms with Crippen molar-refractivity contribution < 1.29 is 4.39 Å². The molecule has 0 saturated carbocycles. The number of alkyl halides is 1. The van der Waals surface area contributed by atoms with Crippen LogP contribution in [0.3, 0.4) is 0 Å². The van der Waals surface area contributed by atoms with E-state index < -0.39 is 0 Å². The molecule has 1 heterocycles. The molecule has 0 atom stereocenters. The third-order valence-corrected chi connectivity index (χ3v) is 3.36. The summed E-state index contributed by atoms with van der Waals surface area (Å²) in [5.74, 6) is 2.01. The number of halogens is 1. The molecular weight excluding hydrogens is 213 g/mol. The van der Waals surface area contributed by atoms with Crippen molar-refractivity contribution in [2.24, 2.45) is 7.05 Å². The molecule has 0 fully saturated rings. The van der Waals surface area contributed by atoms with Crippen molar-refractivity contribution in [2.45, 2.75) is 37.8 Å². The van der Waals surface area contributed by atoms with Gasteiger partial charge in [0.1, 0.15) is 5.82 Å². The second-order valence-corrected chi connectivity index (χ2v) is 4.47. The van der Waals surface area contributed by atoms with Crippen molar-refractivity contribution in [1.29, 1.82) is 0 Å². The van der Waals surface area contributed by atoms with Crippen molar-refractivity contribution in [3.63, 3.8) is 0 Å². The summed E-state index contributed by atoms with van der Waals surface area (Å²) in [6.07, 6.45) is 3.59. The van der Waals surface area contributed by atoms with E-state index in [1.165, 1.54) is 0 Å². The summed E-state index contributed by atoms with van der Waals surface area (Å²) in [5, 5.41) is 9.15. The van der Waals surface area contributed by atoms with Gasteiger partial charge in [-0.05, 0) is 12.8 Å². The van der Waals surface area contributed by atoms with Gasteiger partial charge in [0, 0.05) is 19.2 Å². The number of hydrogen-bond acceptors (Lipinski definition) is 3. The van der Waals surface area contributed by atoms with E-state index in [2.05, 4.69) is 17.1 Å². The summed E-state index contributed by atoms with van der Waals surface area (Å²) in [6, 6.07) is 0. The SMILES string of the molecule is CCc1nnc(SCCCCCF)n1C. The maximum absolute atomic E-state index is 11.8. The molecular formula is C10H18FN3S. The van der Waals surface area contributed by atoms with Crippen LogP contribution < -0.4 is 0 Å². The van der Waals surface area contributed by atoms with Crippen molar-refractivity contribution in [3.8, 4) is 0 Å². The van der Waals surface area contributed by atoms with E-state index >= 15 is 0 Å². The molecule has 0 amide bonds. The van der Waals surface area contributed by atoms with Crippen LogP contribution in [-0.4, -0.2) is 27.2 Å². The second-order valence-electron chi connectivity index (χ2n) is 3.41. The van der Waals surface area contributed by atoms with E-state index in [0.717, 1.165) is 36.0 Å². The zero-order chi connectivity index (χ0) is 11.1. The molecule has 0 aliphatic rings. The van der Waals surface area contributed by atoms with Crippen molar-refractivity contribution in [3.05, 3.63) is 5.82 Å². The Labute approximate surface area is 94.5 Å². The van der Waals surface area contributed by atoms with Gasteiger partial charge in [-0.25, -0.2) is 0 Å². The smallest absolute Gasteiger partial charge is 0.190 e. The van der Waals surface area contributed by atoms with Crippen LogP contribution in [0.25, 0.3) is 0 Å². The van der Waals surface area contributed by atoms with E-state index in [1.54, 1.807) is 11.8 Å². The Morgan fingerprint density at radius 3 is 2.67 bits per heavy atom. The van der Waals surface area contributed by atoms with Crippen LogP contribution >= 0.6 is 11.8 Å². The van der Waals surface area contributed by atoms with Gasteiger partial charge in [-0.1, -0.05) is 25.1 Å². The third-order valence-electron chi connectivity index (χ3n) is 2.25. The highest BCUT2D eigenvalue weighted by atomic mass is 32.2. The third kappa shape index (κ3) is 3.81. The summed E-state index contributed by atoms with van der Waals surface area (Å²) in [6.45, 7) is 1.87. The lowest BCUT2D eigenvalue weighted by molar-refractivity contribution is 0.460.